The smallest absolute Gasteiger partial charge is 0.123 e. The number of nitrogens with one attached hydrogen (secondary N) is 1. The number of halogens is 1. The van der Waals surface area contributed by atoms with E-state index in [1.54, 1.807) is 6.07 Å². The van der Waals surface area contributed by atoms with Gasteiger partial charge in [0.25, 0.3) is 0 Å². The largest absolute Gasteiger partial charge is 0.361 e. The Morgan fingerprint density at radius 1 is 1.12 bits per heavy atom. The lowest BCUT2D eigenvalue weighted by atomic mass is 9.99. The summed E-state index contributed by atoms with van der Waals surface area (Å²) < 4.78 is 13.6. The minimum Gasteiger partial charge on any atom is -0.361 e. The van der Waals surface area contributed by atoms with Gasteiger partial charge in [-0.3, -0.25) is 4.90 Å². The highest BCUT2D eigenvalue weighted by molar-refractivity contribution is 5.84. The second kappa shape index (κ2) is 5.45. The fourth-order valence-electron chi connectivity index (χ4n) is 4.29. The molecule has 5 rings (SSSR count). The molecular weight excluding hydrogens is 299 g/mol. The van der Waals surface area contributed by atoms with Gasteiger partial charge in [-0.25, -0.2) is 4.39 Å². The van der Waals surface area contributed by atoms with E-state index in [9.17, 15) is 4.39 Å². The zero-order valence-electron chi connectivity index (χ0n) is 13.6. The third-order valence-electron chi connectivity index (χ3n) is 5.70. The summed E-state index contributed by atoms with van der Waals surface area (Å²) in [4.78, 5) is 5.88. The number of aromatic amines is 1. The van der Waals surface area contributed by atoms with Gasteiger partial charge in [-0.2, -0.15) is 0 Å². The van der Waals surface area contributed by atoms with E-state index in [4.69, 9.17) is 0 Å². The Bertz CT molecular complexity index is 898. The lowest BCUT2D eigenvalue weighted by molar-refractivity contribution is 0.242. The number of rotatable bonds is 3. The Balaban J connectivity index is 1.30. The summed E-state index contributed by atoms with van der Waals surface area (Å²) in [5.41, 5.74) is 5.33. The molecule has 1 fully saturated rings. The van der Waals surface area contributed by atoms with Crippen molar-refractivity contribution in [3.63, 3.8) is 0 Å². The quantitative estimate of drug-likeness (QED) is 0.754. The van der Waals surface area contributed by atoms with Gasteiger partial charge in [0.15, 0.2) is 0 Å². The molecule has 1 N–H and O–H groups in total. The third-order valence-corrected chi connectivity index (χ3v) is 5.70. The summed E-state index contributed by atoms with van der Waals surface area (Å²) in [5.74, 6) is 1.14. The predicted octanol–water partition coefficient (Wildman–Crippen LogP) is 4.47. The molecule has 1 aliphatic carbocycles. The van der Waals surface area contributed by atoms with Gasteiger partial charge < -0.3 is 4.98 Å². The van der Waals surface area contributed by atoms with Gasteiger partial charge in [0.05, 0.1) is 0 Å². The molecule has 2 heterocycles. The van der Waals surface area contributed by atoms with E-state index >= 15 is 0 Å². The minimum absolute atomic E-state index is 0.145. The fraction of sp³-hybridized carbons (Fsp3) is 0.333. The van der Waals surface area contributed by atoms with Crippen LogP contribution in [0.5, 0.6) is 0 Å². The van der Waals surface area contributed by atoms with Crippen molar-refractivity contribution in [3.8, 4) is 0 Å². The molecule has 0 bridgehead atoms. The summed E-state index contributed by atoms with van der Waals surface area (Å²) in [6, 6.07) is 13.8. The fourth-order valence-corrected chi connectivity index (χ4v) is 4.29. The highest BCUT2D eigenvalue weighted by Gasteiger charge is 2.40. The standard InChI is InChI=1S/C21H21FN2/c22-17-5-6-21-19(10-17)20(11-23-21)18-9-16(18)13-24-8-7-14-3-1-2-4-15(14)12-24/h1-6,10-11,16,18,23H,7-9,12-13H2. The SMILES string of the molecule is Fc1ccc2[nH]cc(C3CC3CN3CCc4ccccc4C3)c2c1. The Kier molecular flexibility index (Phi) is 3.23. The number of hydrogen-bond donors (Lipinski definition) is 1. The first-order valence-electron chi connectivity index (χ1n) is 8.83. The molecular formula is C21H21FN2. The van der Waals surface area contributed by atoms with E-state index in [0.717, 1.165) is 37.0 Å². The molecule has 2 unspecified atom stereocenters. The van der Waals surface area contributed by atoms with Crippen molar-refractivity contribution >= 4 is 10.9 Å². The van der Waals surface area contributed by atoms with Crippen LogP contribution in [0.1, 0.15) is 29.0 Å². The first kappa shape index (κ1) is 14.2. The molecule has 0 saturated heterocycles. The Labute approximate surface area is 141 Å². The first-order valence-corrected chi connectivity index (χ1v) is 8.83. The summed E-state index contributed by atoms with van der Waals surface area (Å²) in [5, 5.41) is 1.06. The van der Waals surface area contributed by atoms with Crippen molar-refractivity contribution in [1.29, 1.82) is 0 Å². The Morgan fingerprint density at radius 2 is 2.00 bits per heavy atom. The highest BCUT2D eigenvalue weighted by Crippen LogP contribution is 2.50. The lowest BCUT2D eigenvalue weighted by Gasteiger charge is -2.28. The third kappa shape index (κ3) is 2.44. The van der Waals surface area contributed by atoms with Crippen molar-refractivity contribution in [1.82, 2.24) is 9.88 Å². The van der Waals surface area contributed by atoms with E-state index in [1.807, 2.05) is 6.07 Å². The van der Waals surface area contributed by atoms with E-state index in [-0.39, 0.29) is 5.82 Å². The average molecular weight is 320 g/mol. The molecule has 3 aromatic rings. The van der Waals surface area contributed by atoms with Crippen molar-refractivity contribution in [2.75, 3.05) is 13.1 Å². The van der Waals surface area contributed by atoms with Crippen LogP contribution in [0.4, 0.5) is 4.39 Å². The zero-order valence-corrected chi connectivity index (χ0v) is 13.6. The van der Waals surface area contributed by atoms with E-state index < -0.39 is 0 Å². The predicted molar refractivity (Wildman–Crippen MR) is 94.5 cm³/mol. The minimum atomic E-state index is -0.145. The summed E-state index contributed by atoms with van der Waals surface area (Å²) in [6.07, 6.45) is 4.47. The van der Waals surface area contributed by atoms with Gasteiger partial charge in [-0.05, 0) is 59.6 Å². The van der Waals surface area contributed by atoms with Crippen LogP contribution >= 0.6 is 0 Å². The van der Waals surface area contributed by atoms with Crippen LogP contribution in [-0.2, 0) is 13.0 Å². The lowest BCUT2D eigenvalue weighted by Crippen LogP contribution is -2.32. The first-order chi connectivity index (χ1) is 11.8. The van der Waals surface area contributed by atoms with E-state index in [0.29, 0.717) is 11.8 Å². The number of H-pyrrole nitrogens is 1. The van der Waals surface area contributed by atoms with E-state index in [1.165, 1.54) is 29.2 Å². The van der Waals surface area contributed by atoms with Crippen LogP contribution in [0.25, 0.3) is 10.9 Å². The second-order valence-electron chi connectivity index (χ2n) is 7.29. The van der Waals surface area contributed by atoms with Crippen LogP contribution in [-0.4, -0.2) is 23.0 Å². The van der Waals surface area contributed by atoms with Gasteiger partial charge in [0.2, 0.25) is 0 Å². The number of hydrogen-bond acceptors (Lipinski definition) is 1. The van der Waals surface area contributed by atoms with Gasteiger partial charge in [0.1, 0.15) is 5.82 Å². The molecule has 2 nitrogen and oxygen atoms in total. The molecule has 0 amide bonds. The summed E-state index contributed by atoms with van der Waals surface area (Å²) in [7, 11) is 0. The molecule has 0 spiro atoms. The molecule has 2 aliphatic rings. The number of fused-ring (bicyclic) bond motifs is 2. The summed E-state index contributed by atoms with van der Waals surface area (Å²) in [6.45, 7) is 3.38. The van der Waals surface area contributed by atoms with Gasteiger partial charge in [0, 0.05) is 36.7 Å². The number of aromatic nitrogens is 1. The van der Waals surface area contributed by atoms with Gasteiger partial charge in [-0.15, -0.1) is 0 Å². The maximum absolute atomic E-state index is 13.6. The number of nitrogens with zero attached hydrogens (tertiary/aromatic N) is 1. The van der Waals surface area contributed by atoms with Crippen LogP contribution < -0.4 is 0 Å². The van der Waals surface area contributed by atoms with Crippen LogP contribution in [0, 0.1) is 11.7 Å². The van der Waals surface area contributed by atoms with Crippen molar-refractivity contribution < 1.29 is 4.39 Å². The molecule has 2 aromatic carbocycles. The average Bonchev–Trinajstić information content (AvgIpc) is 3.23. The number of benzene rings is 2. The second-order valence-corrected chi connectivity index (χ2v) is 7.29. The Hall–Kier alpha value is -2.13. The molecule has 2 atom stereocenters. The molecule has 1 aromatic heterocycles. The molecule has 3 heteroatoms. The topological polar surface area (TPSA) is 19.0 Å². The van der Waals surface area contributed by atoms with Crippen molar-refractivity contribution in [3.05, 3.63) is 71.2 Å². The monoisotopic (exact) mass is 320 g/mol. The zero-order chi connectivity index (χ0) is 16.1. The summed E-state index contributed by atoms with van der Waals surface area (Å²) >= 11 is 0. The normalized spacial score (nSPS) is 23.4. The van der Waals surface area contributed by atoms with Crippen LogP contribution in [0.2, 0.25) is 0 Å². The molecule has 0 radical (unpaired) electrons. The maximum Gasteiger partial charge on any atom is 0.123 e. The van der Waals surface area contributed by atoms with Crippen LogP contribution in [0.3, 0.4) is 0 Å². The molecule has 122 valence electrons. The van der Waals surface area contributed by atoms with Gasteiger partial charge >= 0.3 is 0 Å². The highest BCUT2D eigenvalue weighted by atomic mass is 19.1. The molecule has 24 heavy (non-hydrogen) atoms. The molecule has 1 aliphatic heterocycles. The molecule has 1 saturated carbocycles. The van der Waals surface area contributed by atoms with Crippen LogP contribution in [0.15, 0.2) is 48.7 Å². The van der Waals surface area contributed by atoms with Crippen molar-refractivity contribution in [2.45, 2.75) is 25.3 Å². The van der Waals surface area contributed by atoms with E-state index in [2.05, 4.69) is 40.3 Å². The van der Waals surface area contributed by atoms with Crippen molar-refractivity contribution in [2.24, 2.45) is 5.92 Å². The van der Waals surface area contributed by atoms with Gasteiger partial charge in [-0.1, -0.05) is 24.3 Å². The Morgan fingerprint density at radius 3 is 2.92 bits per heavy atom. The maximum atomic E-state index is 13.6.